The molecule has 1 saturated heterocycles. The monoisotopic (exact) mass is 411 g/mol. The van der Waals surface area contributed by atoms with Gasteiger partial charge in [-0.2, -0.15) is 0 Å². The molecule has 2 aliphatic rings. The summed E-state index contributed by atoms with van der Waals surface area (Å²) < 4.78 is 16.5. The molecule has 0 aliphatic carbocycles. The average molecular weight is 412 g/mol. The van der Waals surface area contributed by atoms with E-state index in [1.54, 1.807) is 0 Å². The number of carbonyl (C=O) groups excluding carboxylic acids is 1. The number of likely N-dealkylation sites (tertiary alicyclic amines) is 1. The second kappa shape index (κ2) is 9.26. The molecule has 2 aromatic carbocycles. The van der Waals surface area contributed by atoms with Gasteiger partial charge in [0.15, 0.2) is 11.5 Å². The first kappa shape index (κ1) is 20.3. The molecule has 160 valence electrons. The van der Waals surface area contributed by atoms with Crippen LogP contribution in [0.4, 0.5) is 10.5 Å². The smallest absolute Gasteiger partial charge is 0.319 e. The van der Waals surface area contributed by atoms with Gasteiger partial charge in [-0.1, -0.05) is 12.1 Å². The van der Waals surface area contributed by atoms with Crippen LogP contribution in [0.1, 0.15) is 32.3 Å². The Morgan fingerprint density at radius 1 is 1.13 bits per heavy atom. The maximum absolute atomic E-state index is 12.4. The fraction of sp³-hybridized carbons (Fsp3) is 0.435. The maximum atomic E-state index is 12.4. The molecule has 0 spiro atoms. The summed E-state index contributed by atoms with van der Waals surface area (Å²) in [5.41, 5.74) is 1.72. The third-order valence-corrected chi connectivity index (χ3v) is 5.53. The van der Waals surface area contributed by atoms with Crippen LogP contribution in [0.15, 0.2) is 42.5 Å². The van der Waals surface area contributed by atoms with Crippen molar-refractivity contribution in [1.29, 1.82) is 0 Å². The number of benzene rings is 2. The highest BCUT2D eigenvalue weighted by Gasteiger charge is 2.22. The first-order chi connectivity index (χ1) is 14.6. The molecule has 2 aromatic rings. The second-order valence-corrected chi connectivity index (χ2v) is 8.01. The predicted molar refractivity (Wildman–Crippen MR) is 115 cm³/mol. The van der Waals surface area contributed by atoms with Gasteiger partial charge >= 0.3 is 6.03 Å². The van der Waals surface area contributed by atoms with Crippen molar-refractivity contribution in [2.45, 2.75) is 45.4 Å². The zero-order valence-corrected chi connectivity index (χ0v) is 17.5. The van der Waals surface area contributed by atoms with Crippen LogP contribution in [0.2, 0.25) is 0 Å². The number of fused-ring (bicyclic) bond motifs is 1. The molecule has 7 heteroatoms. The average Bonchev–Trinajstić information content (AvgIpc) is 3.21. The number of hydrogen-bond acceptors (Lipinski definition) is 5. The van der Waals surface area contributed by atoms with Crippen LogP contribution in [0.3, 0.4) is 0 Å². The molecule has 0 aromatic heterocycles. The number of carbonyl (C=O) groups is 1. The second-order valence-electron chi connectivity index (χ2n) is 8.01. The topological polar surface area (TPSA) is 72.1 Å². The molecule has 2 N–H and O–H groups in total. The number of amides is 2. The van der Waals surface area contributed by atoms with E-state index in [-0.39, 0.29) is 18.9 Å². The van der Waals surface area contributed by atoms with Crippen LogP contribution < -0.4 is 24.8 Å². The Labute approximate surface area is 177 Å². The Morgan fingerprint density at radius 3 is 2.73 bits per heavy atom. The van der Waals surface area contributed by atoms with Crippen molar-refractivity contribution < 1.29 is 19.0 Å². The Morgan fingerprint density at radius 2 is 1.93 bits per heavy atom. The molecule has 2 heterocycles. The molecule has 0 atom stereocenters. The first-order valence-electron chi connectivity index (χ1n) is 10.5. The van der Waals surface area contributed by atoms with E-state index >= 15 is 0 Å². The normalized spacial score (nSPS) is 16.5. The minimum absolute atomic E-state index is 0.160. The molecular formula is C23H29N3O4. The van der Waals surface area contributed by atoms with E-state index < -0.39 is 0 Å². The van der Waals surface area contributed by atoms with Gasteiger partial charge in [0.2, 0.25) is 6.79 Å². The molecule has 0 bridgehead atoms. The molecule has 0 radical (unpaired) electrons. The van der Waals surface area contributed by atoms with Crippen LogP contribution in [0.5, 0.6) is 17.2 Å². The molecule has 30 heavy (non-hydrogen) atoms. The lowest BCUT2D eigenvalue weighted by atomic mass is 10.0. The summed E-state index contributed by atoms with van der Waals surface area (Å²) in [4.78, 5) is 14.8. The summed E-state index contributed by atoms with van der Waals surface area (Å²) in [7, 11) is 0. The zero-order chi connectivity index (χ0) is 20.9. The van der Waals surface area contributed by atoms with E-state index in [9.17, 15) is 4.79 Å². The number of nitrogens with zero attached hydrogens (tertiary/aromatic N) is 1. The van der Waals surface area contributed by atoms with Crippen molar-refractivity contribution >= 4 is 11.7 Å². The van der Waals surface area contributed by atoms with Crippen molar-refractivity contribution in [1.82, 2.24) is 10.2 Å². The number of anilines is 1. The quantitative estimate of drug-likeness (QED) is 0.752. The van der Waals surface area contributed by atoms with Gasteiger partial charge in [-0.15, -0.1) is 0 Å². The van der Waals surface area contributed by atoms with Crippen LogP contribution in [-0.2, 0) is 6.61 Å². The summed E-state index contributed by atoms with van der Waals surface area (Å²) in [6.45, 7) is 7.11. The van der Waals surface area contributed by atoms with Gasteiger partial charge in [-0.25, -0.2) is 4.79 Å². The highest BCUT2D eigenvalue weighted by molar-refractivity contribution is 5.89. The van der Waals surface area contributed by atoms with E-state index in [1.165, 1.54) is 0 Å². The first-order valence-corrected chi connectivity index (χ1v) is 10.5. The van der Waals surface area contributed by atoms with Gasteiger partial charge in [0, 0.05) is 36.9 Å². The van der Waals surface area contributed by atoms with E-state index in [0.29, 0.717) is 24.1 Å². The van der Waals surface area contributed by atoms with Gasteiger partial charge < -0.3 is 29.7 Å². The largest absolute Gasteiger partial charge is 0.489 e. The summed E-state index contributed by atoms with van der Waals surface area (Å²) in [6, 6.07) is 13.8. The van der Waals surface area contributed by atoms with Crippen molar-refractivity contribution in [3.8, 4) is 17.2 Å². The number of rotatable bonds is 6. The van der Waals surface area contributed by atoms with Crippen LogP contribution >= 0.6 is 0 Å². The Hall–Kier alpha value is -2.93. The van der Waals surface area contributed by atoms with Crippen molar-refractivity contribution in [3.05, 3.63) is 48.0 Å². The molecule has 1 fully saturated rings. The fourth-order valence-electron chi connectivity index (χ4n) is 3.78. The van der Waals surface area contributed by atoms with Crippen molar-refractivity contribution in [2.24, 2.45) is 0 Å². The highest BCUT2D eigenvalue weighted by Crippen LogP contribution is 2.35. The Bertz CT molecular complexity index is 879. The SMILES string of the molecule is CC(C)N1CCC(NC(=O)Nc2cccc(COc3ccc4c(c3)OCO4)c2)CC1. The molecule has 2 aliphatic heterocycles. The van der Waals surface area contributed by atoms with E-state index in [0.717, 1.165) is 42.9 Å². The zero-order valence-electron chi connectivity index (χ0n) is 17.5. The van der Waals surface area contributed by atoms with E-state index in [1.807, 2.05) is 42.5 Å². The Balaban J connectivity index is 1.26. The fourth-order valence-corrected chi connectivity index (χ4v) is 3.78. The maximum Gasteiger partial charge on any atom is 0.319 e. The lowest BCUT2D eigenvalue weighted by Gasteiger charge is -2.34. The minimum atomic E-state index is -0.160. The summed E-state index contributed by atoms with van der Waals surface area (Å²) in [5, 5.41) is 6.03. The molecular weight excluding hydrogens is 382 g/mol. The number of ether oxygens (including phenoxy) is 3. The van der Waals surface area contributed by atoms with Crippen LogP contribution in [0, 0.1) is 0 Å². The molecule has 0 saturated carbocycles. The van der Waals surface area contributed by atoms with Crippen LogP contribution in [0.25, 0.3) is 0 Å². The van der Waals surface area contributed by atoms with Gasteiger partial charge in [0.1, 0.15) is 12.4 Å². The predicted octanol–water partition coefficient (Wildman–Crippen LogP) is 3.99. The lowest BCUT2D eigenvalue weighted by molar-refractivity contribution is 0.163. The summed E-state index contributed by atoms with van der Waals surface area (Å²) >= 11 is 0. The summed E-state index contributed by atoms with van der Waals surface area (Å²) in [5.74, 6) is 2.14. The number of nitrogens with one attached hydrogen (secondary N) is 2. The van der Waals surface area contributed by atoms with Gasteiger partial charge in [-0.05, 0) is 56.5 Å². The number of urea groups is 1. The van der Waals surface area contributed by atoms with Crippen molar-refractivity contribution in [2.75, 3.05) is 25.2 Å². The Kier molecular flexibility index (Phi) is 6.28. The van der Waals surface area contributed by atoms with Gasteiger partial charge in [0.05, 0.1) is 0 Å². The molecule has 7 nitrogen and oxygen atoms in total. The number of hydrogen-bond donors (Lipinski definition) is 2. The molecule has 2 amide bonds. The van der Waals surface area contributed by atoms with Crippen LogP contribution in [-0.4, -0.2) is 42.9 Å². The van der Waals surface area contributed by atoms with E-state index in [4.69, 9.17) is 14.2 Å². The van der Waals surface area contributed by atoms with E-state index in [2.05, 4.69) is 29.4 Å². The molecule has 0 unspecified atom stereocenters. The van der Waals surface area contributed by atoms with Gasteiger partial charge in [0.25, 0.3) is 0 Å². The third-order valence-electron chi connectivity index (χ3n) is 5.53. The highest BCUT2D eigenvalue weighted by atomic mass is 16.7. The molecule has 4 rings (SSSR count). The van der Waals surface area contributed by atoms with Gasteiger partial charge in [-0.3, -0.25) is 0 Å². The van der Waals surface area contributed by atoms with Crippen molar-refractivity contribution in [3.63, 3.8) is 0 Å². The number of piperidine rings is 1. The third kappa shape index (κ3) is 5.16. The summed E-state index contributed by atoms with van der Waals surface area (Å²) in [6.07, 6.45) is 1.96. The minimum Gasteiger partial charge on any atom is -0.489 e. The lowest BCUT2D eigenvalue weighted by Crippen LogP contribution is -2.47. The standard InChI is InChI=1S/C23H29N3O4/c1-16(2)26-10-8-18(9-11-26)24-23(27)25-19-5-3-4-17(12-19)14-28-20-6-7-21-22(13-20)30-15-29-21/h3-7,12-13,16,18H,8-11,14-15H2,1-2H3,(H2,24,25,27).